The largest absolute Gasteiger partial charge is 0.511 e. The molecule has 0 radical (unpaired) electrons. The van der Waals surface area contributed by atoms with Gasteiger partial charge in [-0.15, -0.1) is 0 Å². The SMILES string of the molecule is CC.CC(C)O.CC1=CC=CCC(O)=C1C(=O)NC(C)C=O.CCNCC1CCc2c(n(C)c(=O)n(-c3ccc(C)cc3)c2=O)C=C1F. The molecule has 2 atom stereocenters. The Balaban J connectivity index is 0.000000447. The summed E-state index contributed by atoms with van der Waals surface area (Å²) in [7, 11) is 1.58. The number of allylic oxidation sites excluding steroid dienone is 3. The third kappa shape index (κ3) is 12.0. The molecule has 264 valence electrons. The summed E-state index contributed by atoms with van der Waals surface area (Å²) in [5.41, 5.74) is 2.54. The Labute approximate surface area is 283 Å². The fourth-order valence-corrected chi connectivity index (χ4v) is 4.78. The summed E-state index contributed by atoms with van der Waals surface area (Å²) in [4.78, 5) is 48.0. The van der Waals surface area contributed by atoms with Gasteiger partial charge in [0.05, 0.1) is 23.0 Å². The number of benzene rings is 1. The second kappa shape index (κ2) is 20.8. The minimum atomic E-state index is -0.559. The highest BCUT2D eigenvalue weighted by atomic mass is 19.1. The molecule has 0 spiro atoms. The number of amides is 1. The molecule has 2 aromatic rings. The first-order chi connectivity index (χ1) is 22.7. The minimum absolute atomic E-state index is 0.0260. The van der Waals surface area contributed by atoms with Gasteiger partial charge in [0, 0.05) is 37.6 Å². The summed E-state index contributed by atoms with van der Waals surface area (Å²) < 4.78 is 17.2. The van der Waals surface area contributed by atoms with Crippen LogP contribution in [0, 0.1) is 12.8 Å². The first kappa shape index (κ1) is 41.7. The normalized spacial score (nSPS) is 15.8. The molecule has 2 aliphatic rings. The lowest BCUT2D eigenvalue weighted by Crippen LogP contribution is -2.41. The van der Waals surface area contributed by atoms with Gasteiger partial charge in [0.1, 0.15) is 17.9 Å². The highest BCUT2D eigenvalue weighted by Crippen LogP contribution is 2.26. The van der Waals surface area contributed by atoms with Crippen molar-refractivity contribution in [2.24, 2.45) is 13.0 Å². The topological polar surface area (TPSA) is 143 Å². The fourth-order valence-electron chi connectivity index (χ4n) is 4.78. The molecule has 4 N–H and O–H groups in total. The summed E-state index contributed by atoms with van der Waals surface area (Å²) in [5, 5.41) is 23.4. The number of aryl methyl sites for hydroxylation is 1. The van der Waals surface area contributed by atoms with E-state index in [0.29, 0.717) is 54.6 Å². The number of rotatable bonds is 7. The van der Waals surface area contributed by atoms with Crippen molar-refractivity contribution < 1.29 is 24.2 Å². The van der Waals surface area contributed by atoms with Crippen molar-refractivity contribution in [2.75, 3.05) is 13.1 Å². The summed E-state index contributed by atoms with van der Waals surface area (Å²) >= 11 is 0. The molecule has 1 aromatic heterocycles. The van der Waals surface area contributed by atoms with Crippen molar-refractivity contribution >= 4 is 18.3 Å². The van der Waals surface area contributed by atoms with E-state index in [4.69, 9.17) is 5.11 Å². The van der Waals surface area contributed by atoms with Crippen LogP contribution in [0.1, 0.15) is 78.1 Å². The van der Waals surface area contributed by atoms with Crippen molar-refractivity contribution in [1.82, 2.24) is 19.8 Å². The van der Waals surface area contributed by atoms with Gasteiger partial charge < -0.3 is 25.6 Å². The lowest BCUT2D eigenvalue weighted by Gasteiger charge is -2.14. The molecule has 1 amide bonds. The molecule has 0 saturated carbocycles. The van der Waals surface area contributed by atoms with Crippen LogP contribution >= 0.6 is 0 Å². The molecule has 0 aliphatic heterocycles. The van der Waals surface area contributed by atoms with Gasteiger partial charge in [-0.3, -0.25) is 14.2 Å². The van der Waals surface area contributed by atoms with Crippen molar-refractivity contribution in [3.05, 3.63) is 103 Å². The molecule has 4 rings (SSSR count). The third-order valence-corrected chi connectivity index (χ3v) is 7.22. The van der Waals surface area contributed by atoms with Crippen molar-refractivity contribution in [3.63, 3.8) is 0 Å². The molecular weight excluding hydrogens is 615 g/mol. The van der Waals surface area contributed by atoms with Gasteiger partial charge in [-0.2, -0.15) is 0 Å². The summed E-state index contributed by atoms with van der Waals surface area (Å²) in [6.07, 6.45) is 8.43. The van der Waals surface area contributed by atoms with Crippen LogP contribution in [0.25, 0.3) is 11.8 Å². The van der Waals surface area contributed by atoms with Gasteiger partial charge in [0.25, 0.3) is 11.5 Å². The van der Waals surface area contributed by atoms with E-state index in [1.807, 2.05) is 39.8 Å². The number of aliphatic hydroxyl groups excluding tert-OH is 2. The zero-order valence-corrected chi connectivity index (χ0v) is 29.8. The van der Waals surface area contributed by atoms with Crippen LogP contribution in [0.15, 0.2) is 74.8 Å². The maximum absolute atomic E-state index is 14.6. The number of carbonyl (C=O) groups is 2. The van der Waals surface area contributed by atoms with Gasteiger partial charge in [-0.05, 0) is 77.8 Å². The van der Waals surface area contributed by atoms with Crippen molar-refractivity contribution in [2.45, 2.75) is 86.8 Å². The van der Waals surface area contributed by atoms with E-state index >= 15 is 0 Å². The molecule has 1 heterocycles. The number of fused-ring (bicyclic) bond motifs is 1. The number of hydrogen-bond acceptors (Lipinski definition) is 7. The van der Waals surface area contributed by atoms with Crippen LogP contribution in [0.5, 0.6) is 0 Å². The number of aldehydes is 1. The van der Waals surface area contributed by atoms with Crippen LogP contribution < -0.4 is 21.9 Å². The third-order valence-electron chi connectivity index (χ3n) is 7.22. The first-order valence-corrected chi connectivity index (χ1v) is 16.4. The Bertz CT molecular complexity index is 1610. The van der Waals surface area contributed by atoms with Gasteiger partial charge >= 0.3 is 5.69 Å². The molecule has 2 aliphatic carbocycles. The number of aromatic nitrogens is 2. The second-order valence-corrected chi connectivity index (χ2v) is 11.5. The van der Waals surface area contributed by atoms with Crippen LogP contribution in [-0.2, 0) is 23.1 Å². The lowest BCUT2D eigenvalue weighted by atomic mass is 10.0. The fraction of sp³-hybridized carbons (Fsp3) is 0.459. The van der Waals surface area contributed by atoms with Gasteiger partial charge in [0.2, 0.25) is 0 Å². The molecule has 11 heteroatoms. The van der Waals surface area contributed by atoms with Gasteiger partial charge in [-0.25, -0.2) is 13.8 Å². The van der Waals surface area contributed by atoms with Gasteiger partial charge in [-0.1, -0.05) is 56.7 Å². The molecule has 1 aromatic carbocycles. The number of halogens is 1. The van der Waals surface area contributed by atoms with Crippen molar-refractivity contribution in [1.29, 1.82) is 0 Å². The maximum atomic E-state index is 14.6. The zero-order valence-electron chi connectivity index (χ0n) is 29.8. The van der Waals surface area contributed by atoms with E-state index < -0.39 is 17.6 Å². The van der Waals surface area contributed by atoms with Crippen molar-refractivity contribution in [3.8, 4) is 5.69 Å². The number of nitrogens with zero attached hydrogens (tertiary/aromatic N) is 2. The monoisotopic (exact) mass is 668 g/mol. The Morgan fingerprint density at radius 3 is 2.29 bits per heavy atom. The Morgan fingerprint density at radius 2 is 1.73 bits per heavy atom. The van der Waals surface area contributed by atoms with E-state index in [0.717, 1.165) is 12.1 Å². The van der Waals surface area contributed by atoms with Crippen LogP contribution in [0.2, 0.25) is 0 Å². The number of nitrogens with one attached hydrogen (secondary N) is 2. The highest BCUT2D eigenvalue weighted by molar-refractivity contribution is 5.99. The Morgan fingerprint density at radius 1 is 1.12 bits per heavy atom. The highest BCUT2D eigenvalue weighted by Gasteiger charge is 2.25. The standard InChI is InChI=1S/C20H24FN3O2.C12H15NO3.C3H8O.C2H6/c1-4-22-12-14-7-10-16-18(11-17(14)21)23(3)20(26)24(19(16)25)15-8-5-13(2)6-9-15;1-8-5-3-4-6-10(15)11(8)12(16)13-9(2)7-14;1-3(2)4;1-2/h5-6,8-9,11,14,22H,4,7,10,12H2,1-3H3;3-5,7,9,15H,6H2,1-2H3,(H,13,16);3-4H,1-2H3;1-2H3. The van der Waals surface area contributed by atoms with Gasteiger partial charge in [0.15, 0.2) is 0 Å². The smallest absolute Gasteiger partial charge is 0.335 e. The summed E-state index contributed by atoms with van der Waals surface area (Å²) in [6, 6.07) is 6.67. The molecule has 0 fully saturated rings. The minimum Gasteiger partial charge on any atom is -0.511 e. The number of carbonyl (C=O) groups excluding carboxylic acids is 2. The predicted molar refractivity (Wildman–Crippen MR) is 191 cm³/mol. The second-order valence-electron chi connectivity index (χ2n) is 11.5. The zero-order chi connectivity index (χ0) is 36.6. The first-order valence-electron chi connectivity index (χ1n) is 16.4. The van der Waals surface area contributed by atoms with E-state index in [9.17, 15) is 28.7 Å². The van der Waals surface area contributed by atoms with E-state index in [1.54, 1.807) is 65.1 Å². The van der Waals surface area contributed by atoms with Crippen LogP contribution in [-0.4, -0.2) is 56.8 Å². The molecule has 2 unspecified atom stereocenters. The average Bonchev–Trinajstić information content (AvgIpc) is 3.32. The molecule has 48 heavy (non-hydrogen) atoms. The summed E-state index contributed by atoms with van der Waals surface area (Å²) in [6.45, 7) is 16.0. The molecular formula is C37H53FN4O6. The van der Waals surface area contributed by atoms with E-state index in [-0.39, 0.29) is 34.7 Å². The van der Waals surface area contributed by atoms with E-state index in [2.05, 4.69) is 10.6 Å². The van der Waals surface area contributed by atoms with E-state index in [1.165, 1.54) is 15.2 Å². The predicted octanol–water partition coefficient (Wildman–Crippen LogP) is 5.15. The number of hydrogen-bond donors (Lipinski definition) is 4. The molecule has 10 nitrogen and oxygen atoms in total. The maximum Gasteiger partial charge on any atom is 0.335 e. The molecule has 0 bridgehead atoms. The van der Waals surface area contributed by atoms with Crippen LogP contribution in [0.4, 0.5) is 4.39 Å². The Hall–Kier alpha value is -4.35. The average molecular weight is 669 g/mol. The lowest BCUT2D eigenvalue weighted by molar-refractivity contribution is -0.120. The Kier molecular flexibility index (Phi) is 18.1. The quantitative estimate of drug-likeness (QED) is 0.299. The number of aliphatic hydroxyl groups is 2. The van der Waals surface area contributed by atoms with Crippen LogP contribution in [0.3, 0.4) is 0 Å². The molecule has 0 saturated heterocycles. The summed E-state index contributed by atoms with van der Waals surface area (Å²) in [5.74, 6) is -0.968.